The van der Waals surface area contributed by atoms with Crippen molar-refractivity contribution < 1.29 is 14.9 Å². The molecular formula is C30H33NO3. The Balaban J connectivity index is 1.55. The van der Waals surface area contributed by atoms with E-state index in [1.165, 1.54) is 25.9 Å². The number of hydrogen-bond acceptors (Lipinski definition) is 4. The maximum absolute atomic E-state index is 10.7. The van der Waals surface area contributed by atoms with Crippen molar-refractivity contribution in [3.63, 3.8) is 0 Å². The second kappa shape index (κ2) is 8.94. The molecule has 0 bridgehead atoms. The average molecular weight is 456 g/mol. The molecule has 1 aliphatic rings. The predicted molar refractivity (Wildman–Crippen MR) is 140 cm³/mol. The summed E-state index contributed by atoms with van der Waals surface area (Å²) < 4.78 is 6.00. The lowest BCUT2D eigenvalue weighted by molar-refractivity contribution is 0.0787. The van der Waals surface area contributed by atoms with Gasteiger partial charge in [-0.3, -0.25) is 4.90 Å². The van der Waals surface area contributed by atoms with Gasteiger partial charge in [-0.05, 0) is 127 Å². The van der Waals surface area contributed by atoms with Gasteiger partial charge in [0.25, 0.3) is 0 Å². The van der Waals surface area contributed by atoms with Crippen LogP contribution in [-0.4, -0.2) is 41.4 Å². The van der Waals surface area contributed by atoms with Gasteiger partial charge in [0.1, 0.15) is 18.1 Å². The maximum Gasteiger partial charge on any atom is 0.119 e. The summed E-state index contributed by atoms with van der Waals surface area (Å²) in [6, 6.07) is 20.2. The minimum absolute atomic E-state index is 0.269. The number of ether oxygens (including phenoxy) is 1. The number of rotatable bonds is 6. The summed E-state index contributed by atoms with van der Waals surface area (Å²) >= 11 is 0. The van der Waals surface area contributed by atoms with Crippen LogP contribution in [0.2, 0.25) is 0 Å². The Labute approximate surface area is 201 Å². The van der Waals surface area contributed by atoms with E-state index in [0.717, 1.165) is 56.1 Å². The Hall–Kier alpha value is -3.08. The van der Waals surface area contributed by atoms with Crippen LogP contribution in [0.1, 0.15) is 37.8 Å². The monoisotopic (exact) mass is 455 g/mol. The number of hydrogen-bond donors (Lipinski definition) is 2. The number of aromatic hydroxyl groups is 1. The molecule has 0 aromatic heterocycles. The molecular weight excluding hydrogens is 422 g/mol. The molecule has 0 atom stereocenters. The number of aryl methyl sites for hydroxylation is 1. The quantitative estimate of drug-likeness (QED) is 0.332. The van der Waals surface area contributed by atoms with Crippen molar-refractivity contribution >= 4 is 21.5 Å². The molecule has 176 valence electrons. The van der Waals surface area contributed by atoms with Crippen LogP contribution >= 0.6 is 0 Å². The van der Waals surface area contributed by atoms with E-state index < -0.39 is 5.60 Å². The summed E-state index contributed by atoms with van der Waals surface area (Å²) in [5, 5.41) is 25.2. The standard InChI is InChI=1S/C30H33NO3/c1-20-16-24(32)17-22-18-27(28-19-23(30(2,3)33)8-11-26(28)29(20)22)21-6-9-25(10-7-21)34-15-14-31-12-4-5-13-31/h6-11,16-19,32-33H,4-5,12-15H2,1-3H3. The third kappa shape index (κ3) is 4.48. The zero-order valence-corrected chi connectivity index (χ0v) is 20.3. The molecule has 5 rings (SSSR count). The van der Waals surface area contributed by atoms with Crippen LogP contribution < -0.4 is 4.74 Å². The molecule has 1 fully saturated rings. The molecule has 0 radical (unpaired) electrons. The molecule has 2 N–H and O–H groups in total. The summed E-state index contributed by atoms with van der Waals surface area (Å²) in [7, 11) is 0. The molecule has 4 aromatic rings. The van der Waals surface area contributed by atoms with Gasteiger partial charge in [0.05, 0.1) is 5.60 Å². The molecule has 0 spiro atoms. The fourth-order valence-electron chi connectivity index (χ4n) is 5.14. The molecule has 4 nitrogen and oxygen atoms in total. The molecule has 34 heavy (non-hydrogen) atoms. The lowest BCUT2D eigenvalue weighted by atomic mass is 9.88. The number of nitrogens with zero attached hydrogens (tertiary/aromatic N) is 1. The number of phenolic OH excluding ortho intramolecular Hbond substituents is 1. The molecule has 4 aromatic carbocycles. The number of phenols is 1. The molecule has 0 unspecified atom stereocenters. The highest BCUT2D eigenvalue weighted by Gasteiger charge is 2.19. The summed E-state index contributed by atoms with van der Waals surface area (Å²) in [4.78, 5) is 2.45. The van der Waals surface area contributed by atoms with Crippen LogP contribution in [0.4, 0.5) is 0 Å². The maximum atomic E-state index is 10.7. The zero-order chi connectivity index (χ0) is 23.9. The van der Waals surface area contributed by atoms with Crippen molar-refractivity contribution in [2.75, 3.05) is 26.2 Å². The number of fused-ring (bicyclic) bond motifs is 3. The Morgan fingerprint density at radius 3 is 2.35 bits per heavy atom. The Morgan fingerprint density at radius 1 is 0.912 bits per heavy atom. The topological polar surface area (TPSA) is 52.9 Å². The highest BCUT2D eigenvalue weighted by molar-refractivity contribution is 6.15. The van der Waals surface area contributed by atoms with E-state index in [2.05, 4.69) is 35.2 Å². The van der Waals surface area contributed by atoms with Crippen molar-refractivity contribution in [3.05, 3.63) is 71.8 Å². The zero-order valence-electron chi connectivity index (χ0n) is 20.3. The first-order valence-electron chi connectivity index (χ1n) is 12.2. The third-order valence-corrected chi connectivity index (χ3v) is 6.98. The van der Waals surface area contributed by atoms with Crippen LogP contribution in [0.15, 0.2) is 60.7 Å². The second-order valence-corrected chi connectivity index (χ2v) is 10.0. The smallest absolute Gasteiger partial charge is 0.119 e. The highest BCUT2D eigenvalue weighted by Crippen LogP contribution is 2.39. The molecule has 4 heteroatoms. The Bertz CT molecular complexity index is 1330. The van der Waals surface area contributed by atoms with Gasteiger partial charge in [-0.2, -0.15) is 0 Å². The fourth-order valence-corrected chi connectivity index (χ4v) is 5.14. The van der Waals surface area contributed by atoms with E-state index in [1.54, 1.807) is 6.07 Å². The van der Waals surface area contributed by atoms with Crippen molar-refractivity contribution in [2.24, 2.45) is 0 Å². The third-order valence-electron chi connectivity index (χ3n) is 6.98. The van der Waals surface area contributed by atoms with Crippen LogP contribution in [0, 0.1) is 6.92 Å². The minimum Gasteiger partial charge on any atom is -0.508 e. The highest BCUT2D eigenvalue weighted by atomic mass is 16.5. The summed E-state index contributed by atoms with van der Waals surface area (Å²) in [6.45, 7) is 9.68. The predicted octanol–water partition coefficient (Wildman–Crippen LogP) is 6.38. The van der Waals surface area contributed by atoms with Gasteiger partial charge in [-0.25, -0.2) is 0 Å². The van der Waals surface area contributed by atoms with Crippen molar-refractivity contribution in [1.82, 2.24) is 4.90 Å². The van der Waals surface area contributed by atoms with Gasteiger partial charge >= 0.3 is 0 Å². The van der Waals surface area contributed by atoms with Crippen molar-refractivity contribution in [2.45, 2.75) is 39.2 Å². The molecule has 1 heterocycles. The van der Waals surface area contributed by atoms with Crippen LogP contribution in [0.5, 0.6) is 11.5 Å². The molecule has 0 saturated carbocycles. The first-order chi connectivity index (χ1) is 16.3. The van der Waals surface area contributed by atoms with E-state index in [9.17, 15) is 10.2 Å². The van der Waals surface area contributed by atoms with Gasteiger partial charge in [0.15, 0.2) is 0 Å². The van der Waals surface area contributed by atoms with E-state index in [-0.39, 0.29) is 5.75 Å². The largest absolute Gasteiger partial charge is 0.508 e. The lowest BCUT2D eigenvalue weighted by Crippen LogP contribution is -2.25. The first-order valence-corrected chi connectivity index (χ1v) is 12.2. The van der Waals surface area contributed by atoms with Gasteiger partial charge < -0.3 is 14.9 Å². The van der Waals surface area contributed by atoms with Crippen LogP contribution in [0.25, 0.3) is 32.7 Å². The minimum atomic E-state index is -0.933. The second-order valence-electron chi connectivity index (χ2n) is 10.0. The van der Waals surface area contributed by atoms with E-state index in [4.69, 9.17) is 4.74 Å². The van der Waals surface area contributed by atoms with Crippen molar-refractivity contribution in [1.29, 1.82) is 0 Å². The summed E-state index contributed by atoms with van der Waals surface area (Å²) in [5.74, 6) is 1.14. The average Bonchev–Trinajstić information content (AvgIpc) is 3.31. The molecule has 0 aliphatic carbocycles. The Morgan fingerprint density at radius 2 is 1.65 bits per heavy atom. The fraction of sp³-hybridized carbons (Fsp3) is 0.333. The van der Waals surface area contributed by atoms with Crippen molar-refractivity contribution in [3.8, 4) is 22.6 Å². The Kier molecular flexibility index (Phi) is 5.97. The van der Waals surface area contributed by atoms with Gasteiger partial charge in [0.2, 0.25) is 0 Å². The summed E-state index contributed by atoms with van der Waals surface area (Å²) in [5.41, 5.74) is 3.12. The summed E-state index contributed by atoms with van der Waals surface area (Å²) in [6.07, 6.45) is 2.59. The number of likely N-dealkylation sites (tertiary alicyclic amines) is 1. The van der Waals surface area contributed by atoms with Crippen LogP contribution in [-0.2, 0) is 5.60 Å². The van der Waals surface area contributed by atoms with E-state index in [0.29, 0.717) is 6.61 Å². The number of aliphatic hydroxyl groups is 1. The van der Waals surface area contributed by atoms with Gasteiger partial charge in [-0.1, -0.05) is 24.3 Å². The van der Waals surface area contributed by atoms with E-state index >= 15 is 0 Å². The molecule has 1 saturated heterocycles. The van der Waals surface area contributed by atoms with Gasteiger partial charge in [-0.15, -0.1) is 0 Å². The first kappa shape index (κ1) is 22.7. The van der Waals surface area contributed by atoms with Crippen LogP contribution in [0.3, 0.4) is 0 Å². The lowest BCUT2D eigenvalue weighted by Gasteiger charge is -2.20. The normalized spacial score (nSPS) is 14.8. The van der Waals surface area contributed by atoms with E-state index in [1.807, 2.05) is 45.0 Å². The molecule has 0 amide bonds. The number of benzene rings is 4. The SMILES string of the molecule is Cc1cc(O)cc2cc(-c3ccc(OCCN4CCCC4)cc3)c3cc(C(C)(C)O)ccc3c12. The van der Waals surface area contributed by atoms with Gasteiger partial charge in [0, 0.05) is 6.54 Å². The molecule has 1 aliphatic heterocycles.